The number of carbonyl (C=O) groups is 1. The molecule has 0 unspecified atom stereocenters. The summed E-state index contributed by atoms with van der Waals surface area (Å²) in [6, 6.07) is 14.0. The van der Waals surface area contributed by atoms with Crippen molar-refractivity contribution in [2.45, 2.75) is 62.4 Å². The summed E-state index contributed by atoms with van der Waals surface area (Å²) in [5.74, 6) is -1.50. The number of carbonyl (C=O) groups excluding carboxylic acids is 1. The van der Waals surface area contributed by atoms with Gasteiger partial charge in [0.25, 0.3) is 5.91 Å². The number of fused-ring (bicyclic) bond motifs is 3. The molecule has 9 nitrogen and oxygen atoms in total. The van der Waals surface area contributed by atoms with E-state index in [2.05, 4.69) is 17.5 Å². The highest BCUT2D eigenvalue weighted by molar-refractivity contribution is 6.37. The molecule has 1 saturated carbocycles. The molecule has 3 atom stereocenters. The van der Waals surface area contributed by atoms with Gasteiger partial charge in [0.2, 0.25) is 0 Å². The minimum absolute atomic E-state index is 0.00276. The minimum atomic E-state index is -1.08. The first-order chi connectivity index (χ1) is 24.7. The maximum Gasteiger partial charge on any atom is 0.319 e. The zero-order valence-electron chi connectivity index (χ0n) is 27.9. The fourth-order valence-electron chi connectivity index (χ4n) is 8.06. The van der Waals surface area contributed by atoms with Crippen LogP contribution in [-0.4, -0.2) is 88.9 Å². The van der Waals surface area contributed by atoms with Crippen molar-refractivity contribution in [1.29, 1.82) is 5.26 Å². The summed E-state index contributed by atoms with van der Waals surface area (Å²) in [6.45, 7) is 5.16. The minimum Gasteiger partial charge on any atom is -0.487 e. The number of nitriles is 1. The van der Waals surface area contributed by atoms with Crippen molar-refractivity contribution < 1.29 is 27.4 Å². The van der Waals surface area contributed by atoms with Crippen LogP contribution in [-0.2, 0) is 4.79 Å². The fourth-order valence-corrected chi connectivity index (χ4v) is 8.33. The predicted molar refractivity (Wildman–Crippen MR) is 188 cm³/mol. The van der Waals surface area contributed by atoms with E-state index in [4.69, 9.17) is 31.0 Å². The van der Waals surface area contributed by atoms with Crippen LogP contribution in [0.15, 0.2) is 54.9 Å². The largest absolute Gasteiger partial charge is 0.487 e. The summed E-state index contributed by atoms with van der Waals surface area (Å²) in [5.41, 5.74) is 1.35. The van der Waals surface area contributed by atoms with Crippen molar-refractivity contribution in [2.24, 2.45) is 0 Å². The molecule has 1 amide bonds. The third kappa shape index (κ3) is 6.10. The van der Waals surface area contributed by atoms with Crippen molar-refractivity contribution in [1.82, 2.24) is 19.8 Å². The molecule has 0 N–H and O–H groups in total. The van der Waals surface area contributed by atoms with E-state index in [0.717, 1.165) is 37.6 Å². The molecule has 3 aliphatic heterocycles. The van der Waals surface area contributed by atoms with Gasteiger partial charge in [-0.25, -0.2) is 13.2 Å². The number of rotatable bonds is 9. The van der Waals surface area contributed by atoms with E-state index in [0.29, 0.717) is 51.9 Å². The van der Waals surface area contributed by atoms with Crippen molar-refractivity contribution in [3.63, 3.8) is 0 Å². The van der Waals surface area contributed by atoms with Gasteiger partial charge in [-0.2, -0.15) is 15.2 Å². The second-order valence-corrected chi connectivity index (χ2v) is 14.4. The molecular formula is C38H36ClF3N6O3. The number of hydrogen-bond acceptors (Lipinski definition) is 8. The SMILES string of the molecule is C=C(F)C(=O)N1CCN(c2nc(OC[C@@]34CCCN3C[C@H](F)C4)nc3c(OC4CC4)c(-c4cccc5ccc(F)c(Cl)c45)ccc23)C[C@@H]1CC#N. The van der Waals surface area contributed by atoms with Gasteiger partial charge < -0.3 is 19.3 Å². The van der Waals surface area contributed by atoms with Crippen LogP contribution in [0.5, 0.6) is 11.8 Å². The highest BCUT2D eigenvalue weighted by Gasteiger charge is 2.49. The Morgan fingerprint density at radius 3 is 2.73 bits per heavy atom. The second-order valence-electron chi connectivity index (χ2n) is 14.0. The number of halogens is 4. The Hall–Kier alpha value is -4.60. The van der Waals surface area contributed by atoms with Gasteiger partial charge in [-0.3, -0.25) is 9.69 Å². The first kappa shape index (κ1) is 33.5. The molecule has 0 radical (unpaired) electrons. The van der Waals surface area contributed by atoms with E-state index in [9.17, 15) is 23.2 Å². The molecule has 4 aromatic rings. The number of aromatic nitrogens is 2. The van der Waals surface area contributed by atoms with Crippen molar-refractivity contribution in [3.05, 3.63) is 65.7 Å². The molecule has 4 heterocycles. The molecule has 3 saturated heterocycles. The Morgan fingerprint density at radius 1 is 1.10 bits per heavy atom. The average molecular weight is 717 g/mol. The van der Waals surface area contributed by atoms with Crippen LogP contribution in [0.3, 0.4) is 0 Å². The number of anilines is 1. The first-order valence-electron chi connectivity index (χ1n) is 17.3. The van der Waals surface area contributed by atoms with Gasteiger partial charge in [-0.15, -0.1) is 0 Å². The Bertz CT molecular complexity index is 2110. The molecule has 0 spiro atoms. The topological polar surface area (TPSA) is 94.8 Å². The summed E-state index contributed by atoms with van der Waals surface area (Å²) in [5, 5.41) is 11.6. The van der Waals surface area contributed by atoms with Crippen molar-refractivity contribution in [3.8, 4) is 29.0 Å². The monoisotopic (exact) mass is 716 g/mol. The smallest absolute Gasteiger partial charge is 0.319 e. The molecular weight excluding hydrogens is 681 g/mol. The van der Waals surface area contributed by atoms with E-state index in [1.807, 2.05) is 35.2 Å². The lowest BCUT2D eigenvalue weighted by Gasteiger charge is -2.41. The zero-order chi connectivity index (χ0) is 35.4. The van der Waals surface area contributed by atoms with E-state index in [1.165, 1.54) is 11.0 Å². The lowest BCUT2D eigenvalue weighted by atomic mass is 9.95. The van der Waals surface area contributed by atoms with Gasteiger partial charge in [0, 0.05) is 48.9 Å². The molecule has 264 valence electrons. The number of hydrogen-bond donors (Lipinski definition) is 0. The van der Waals surface area contributed by atoms with Gasteiger partial charge in [-0.1, -0.05) is 42.4 Å². The first-order valence-corrected chi connectivity index (χ1v) is 17.7. The summed E-state index contributed by atoms with van der Waals surface area (Å²) < 4.78 is 56.6. The number of amides is 1. The third-order valence-corrected chi connectivity index (χ3v) is 11.0. The zero-order valence-corrected chi connectivity index (χ0v) is 28.6. The van der Waals surface area contributed by atoms with Crippen molar-refractivity contribution >= 4 is 45.0 Å². The van der Waals surface area contributed by atoms with Gasteiger partial charge in [0.1, 0.15) is 29.9 Å². The molecule has 1 aliphatic carbocycles. The van der Waals surface area contributed by atoms with Crippen LogP contribution < -0.4 is 14.4 Å². The molecule has 1 aromatic heterocycles. The second kappa shape index (κ2) is 13.2. The average Bonchev–Trinajstić information content (AvgIpc) is 3.78. The van der Waals surface area contributed by atoms with Gasteiger partial charge in [-0.05, 0) is 61.4 Å². The molecule has 8 rings (SSSR count). The summed E-state index contributed by atoms with van der Waals surface area (Å²) in [4.78, 5) is 28.0. The number of alkyl halides is 1. The van der Waals surface area contributed by atoms with Crippen LogP contribution in [0.25, 0.3) is 32.8 Å². The lowest BCUT2D eigenvalue weighted by molar-refractivity contribution is -0.131. The van der Waals surface area contributed by atoms with Gasteiger partial charge in [0.15, 0.2) is 11.6 Å². The Balaban J connectivity index is 1.28. The van der Waals surface area contributed by atoms with Crippen LogP contribution >= 0.6 is 11.6 Å². The quantitative estimate of drug-likeness (QED) is 0.169. The summed E-state index contributed by atoms with van der Waals surface area (Å²) >= 11 is 6.59. The molecule has 3 aromatic carbocycles. The molecule has 4 aliphatic rings. The van der Waals surface area contributed by atoms with Crippen LogP contribution in [0.4, 0.5) is 19.0 Å². The number of benzene rings is 3. The summed E-state index contributed by atoms with van der Waals surface area (Å²) in [6.07, 6.45) is 2.84. The molecule has 51 heavy (non-hydrogen) atoms. The molecule has 0 bridgehead atoms. The summed E-state index contributed by atoms with van der Waals surface area (Å²) in [7, 11) is 0. The Kier molecular flexibility index (Phi) is 8.67. The van der Waals surface area contributed by atoms with Crippen LogP contribution in [0, 0.1) is 17.1 Å². The van der Waals surface area contributed by atoms with E-state index in [1.54, 1.807) is 6.07 Å². The standard InChI is InChI=1S/C38H36ClF3N6O3/c1-22(40)36(49)48-17-16-46(20-25(48)12-14-43)35-29-10-9-28(27-5-2-4-23-6-11-30(42)32(39)31(23)27)34(51-26-7-8-26)33(29)44-37(45-35)50-21-38-13-3-15-47(38)19-24(41)18-38/h2,4-6,9-11,24-26H,1,3,7-8,12-13,15-21H2/t24-,25+,38+/m1/s1. The normalized spacial score (nSPS) is 23.4. The van der Waals surface area contributed by atoms with E-state index in [-0.39, 0.29) is 49.8 Å². The Morgan fingerprint density at radius 2 is 1.94 bits per heavy atom. The third-order valence-electron chi connectivity index (χ3n) is 10.6. The highest BCUT2D eigenvalue weighted by atomic mass is 35.5. The fraction of sp³-hybridized carbons (Fsp3) is 0.421. The maximum atomic E-state index is 14.9. The number of nitrogens with zero attached hydrogens (tertiary/aromatic N) is 6. The predicted octanol–water partition coefficient (Wildman–Crippen LogP) is 7.15. The lowest BCUT2D eigenvalue weighted by Crippen LogP contribution is -2.55. The van der Waals surface area contributed by atoms with Crippen LogP contribution in [0.1, 0.15) is 38.5 Å². The van der Waals surface area contributed by atoms with E-state index < -0.39 is 35.3 Å². The molecule has 4 fully saturated rings. The number of ether oxygens (including phenoxy) is 2. The van der Waals surface area contributed by atoms with Crippen molar-refractivity contribution in [2.75, 3.05) is 44.2 Å². The van der Waals surface area contributed by atoms with Crippen LogP contribution in [0.2, 0.25) is 5.02 Å². The molecule has 13 heteroatoms. The Labute approximate surface area is 298 Å². The van der Waals surface area contributed by atoms with Gasteiger partial charge in [0.05, 0.1) is 35.2 Å². The number of piperazine rings is 1. The van der Waals surface area contributed by atoms with E-state index >= 15 is 0 Å². The van der Waals surface area contributed by atoms with Gasteiger partial charge >= 0.3 is 6.01 Å². The maximum absolute atomic E-state index is 14.9. The highest BCUT2D eigenvalue weighted by Crippen LogP contribution is 2.46.